The first-order chi connectivity index (χ1) is 11.9. The monoisotopic (exact) mass is 675 g/mol. The summed E-state index contributed by atoms with van der Waals surface area (Å²) in [5.74, 6) is 2.81. The molecule has 2 N–H and O–H groups in total. The maximum atomic E-state index is 12.5. The van der Waals surface area contributed by atoms with E-state index in [9.17, 15) is 14.4 Å². The van der Waals surface area contributed by atoms with Gasteiger partial charge in [0.2, 0.25) is 0 Å². The third kappa shape index (κ3) is 5.48. The average molecular weight is 675 g/mol. The lowest BCUT2D eigenvalue weighted by Crippen LogP contribution is -2.29. The summed E-state index contributed by atoms with van der Waals surface area (Å²) in [6.07, 6.45) is 3.10. The summed E-state index contributed by atoms with van der Waals surface area (Å²) in [5.41, 5.74) is 0.926. The Morgan fingerprint density at radius 3 is 1.76 bits per heavy atom. The Kier molecular flexibility index (Phi) is 9.57. The van der Waals surface area contributed by atoms with Gasteiger partial charge in [0, 0.05) is 16.7 Å². The summed E-state index contributed by atoms with van der Waals surface area (Å²) in [5, 5.41) is 5.37. The number of rotatable bonds is 7. The Balaban J connectivity index is 3.71. The van der Waals surface area contributed by atoms with Crippen LogP contribution in [0.3, 0.4) is 0 Å². The second-order valence-corrected chi connectivity index (χ2v) is 7.60. The quantitative estimate of drug-likeness (QED) is 0.202. The van der Waals surface area contributed by atoms with Crippen LogP contribution in [0.25, 0.3) is 0 Å². The normalized spacial score (nSPS) is 9.40. The van der Waals surface area contributed by atoms with Crippen LogP contribution in [-0.2, 0) is 4.79 Å². The highest BCUT2D eigenvalue weighted by molar-refractivity contribution is 14.1. The molecule has 9 heteroatoms. The zero-order valence-electron chi connectivity index (χ0n) is 12.8. The summed E-state index contributed by atoms with van der Waals surface area (Å²) in [6.45, 7) is 7.68. The molecule has 2 amide bonds. The van der Waals surface area contributed by atoms with Gasteiger partial charge in [-0.2, -0.15) is 4.99 Å². The van der Waals surface area contributed by atoms with E-state index in [1.54, 1.807) is 12.2 Å². The number of carbonyl (C=O) groups excluding carboxylic acids is 3. The van der Waals surface area contributed by atoms with E-state index >= 15 is 0 Å². The van der Waals surface area contributed by atoms with Crippen LogP contribution in [0.15, 0.2) is 30.3 Å². The van der Waals surface area contributed by atoms with Crippen LogP contribution in [0, 0.1) is 10.7 Å². The molecule has 0 saturated carbocycles. The van der Waals surface area contributed by atoms with Crippen molar-refractivity contribution >= 4 is 97.1 Å². The van der Waals surface area contributed by atoms with Gasteiger partial charge in [-0.25, -0.2) is 4.79 Å². The number of amides is 2. The van der Waals surface area contributed by atoms with Gasteiger partial charge in [0.25, 0.3) is 11.8 Å². The van der Waals surface area contributed by atoms with Gasteiger partial charge in [-0.1, -0.05) is 12.2 Å². The Morgan fingerprint density at radius 1 is 0.960 bits per heavy atom. The molecule has 0 aliphatic carbocycles. The van der Waals surface area contributed by atoms with Crippen molar-refractivity contribution in [1.29, 1.82) is 0 Å². The maximum absolute atomic E-state index is 12.5. The van der Waals surface area contributed by atoms with Crippen LogP contribution in [-0.4, -0.2) is 36.7 Å². The van der Waals surface area contributed by atoms with Crippen LogP contribution >= 0.6 is 67.8 Å². The molecule has 25 heavy (non-hydrogen) atoms. The largest absolute Gasteiger partial charge is 0.349 e. The maximum Gasteiger partial charge on any atom is 0.253 e. The predicted molar refractivity (Wildman–Crippen MR) is 122 cm³/mol. The molecule has 0 aromatic heterocycles. The molecule has 1 aromatic carbocycles. The number of hydrogen-bond acceptors (Lipinski definition) is 4. The zero-order valence-corrected chi connectivity index (χ0v) is 19.3. The van der Waals surface area contributed by atoms with Crippen LogP contribution in [0.5, 0.6) is 0 Å². The molecule has 130 valence electrons. The van der Waals surface area contributed by atoms with E-state index in [2.05, 4.69) is 34.7 Å². The number of nitrogens with one attached hydrogen (secondary N) is 2. The molecular weight excluding hydrogens is 663 g/mol. The van der Waals surface area contributed by atoms with Gasteiger partial charge in [0.05, 0.1) is 24.1 Å². The Hall–Kier alpha value is -1.01. The lowest BCUT2D eigenvalue weighted by molar-refractivity contribution is 0.0956. The van der Waals surface area contributed by atoms with E-state index < -0.39 is 0 Å². The highest BCUT2D eigenvalue weighted by Crippen LogP contribution is 2.37. The van der Waals surface area contributed by atoms with Gasteiger partial charge < -0.3 is 10.6 Å². The van der Waals surface area contributed by atoms with Crippen LogP contribution in [0.1, 0.15) is 20.7 Å². The third-order valence-corrected chi connectivity index (χ3v) is 5.95. The predicted octanol–water partition coefficient (Wildman–Crippen LogP) is 3.02. The summed E-state index contributed by atoms with van der Waals surface area (Å²) in [6, 6.07) is 0. The molecule has 0 heterocycles. The smallest absolute Gasteiger partial charge is 0.253 e. The van der Waals surface area contributed by atoms with Gasteiger partial charge in [-0.15, -0.1) is 13.2 Å². The van der Waals surface area contributed by atoms with Crippen molar-refractivity contribution in [1.82, 2.24) is 10.6 Å². The van der Waals surface area contributed by atoms with Crippen LogP contribution in [0.4, 0.5) is 5.69 Å². The molecule has 0 fully saturated rings. The van der Waals surface area contributed by atoms with Crippen LogP contribution < -0.4 is 10.6 Å². The van der Waals surface area contributed by atoms with Gasteiger partial charge in [0.1, 0.15) is 5.69 Å². The minimum atomic E-state index is -0.366. The minimum absolute atomic E-state index is 0.280. The molecule has 0 spiro atoms. The van der Waals surface area contributed by atoms with E-state index in [1.807, 2.05) is 67.8 Å². The Labute approximate surface area is 185 Å². The highest BCUT2D eigenvalue weighted by Gasteiger charge is 2.27. The third-order valence-electron chi connectivity index (χ3n) is 2.78. The Bertz CT molecular complexity index is 773. The molecule has 0 aliphatic heterocycles. The van der Waals surface area contributed by atoms with Crippen LogP contribution in [0.2, 0.25) is 0 Å². The first kappa shape index (κ1) is 22.0. The molecular formula is C16H12I3N3O3. The summed E-state index contributed by atoms with van der Waals surface area (Å²) in [7, 11) is 0. The second-order valence-electron chi connectivity index (χ2n) is 4.36. The standard InChI is InChI=1S/C16H12I3N3O3/c1-3-5-21-15(24)9-11(17)10(16(25)22-6-4-2)13(19)14(12(9)18)20-7-8-23/h3-4H,1-2,5-6H2,(H,21,24)(H,22,25). The van der Waals surface area contributed by atoms with Gasteiger partial charge in [-0.3, -0.25) is 9.59 Å². The fraction of sp³-hybridized carbons (Fsp3) is 0.125. The summed E-state index contributed by atoms with van der Waals surface area (Å²) >= 11 is 5.88. The molecule has 1 aromatic rings. The molecule has 0 bridgehead atoms. The lowest BCUT2D eigenvalue weighted by atomic mass is 10.1. The fourth-order valence-corrected chi connectivity index (χ4v) is 6.12. The molecule has 6 nitrogen and oxygen atoms in total. The molecule has 0 radical (unpaired) electrons. The number of nitrogens with zero attached hydrogens (tertiary/aromatic N) is 1. The van der Waals surface area contributed by atoms with Gasteiger partial charge >= 0.3 is 0 Å². The summed E-state index contributed by atoms with van der Waals surface area (Å²) < 4.78 is 1.51. The van der Waals surface area contributed by atoms with Crippen molar-refractivity contribution in [2.75, 3.05) is 13.1 Å². The number of halogens is 3. The molecule has 0 unspecified atom stereocenters. The first-order valence-corrected chi connectivity index (χ1v) is 9.95. The number of benzene rings is 1. The van der Waals surface area contributed by atoms with Crippen molar-refractivity contribution in [3.63, 3.8) is 0 Å². The lowest BCUT2D eigenvalue weighted by Gasteiger charge is -2.16. The molecule has 1 rings (SSSR count). The zero-order chi connectivity index (χ0) is 19.0. The Morgan fingerprint density at radius 2 is 1.40 bits per heavy atom. The highest BCUT2D eigenvalue weighted by atomic mass is 127. The average Bonchev–Trinajstić information content (AvgIpc) is 2.57. The molecule has 0 aliphatic rings. The first-order valence-electron chi connectivity index (χ1n) is 6.72. The minimum Gasteiger partial charge on any atom is -0.349 e. The second kappa shape index (κ2) is 10.9. The topological polar surface area (TPSA) is 87.6 Å². The van der Waals surface area contributed by atoms with E-state index in [0.29, 0.717) is 27.5 Å². The molecule has 0 atom stereocenters. The number of hydrogen-bond donors (Lipinski definition) is 2. The van der Waals surface area contributed by atoms with Gasteiger partial charge in [-0.05, 0) is 67.8 Å². The van der Waals surface area contributed by atoms with Crippen molar-refractivity contribution < 1.29 is 14.4 Å². The SMILES string of the molecule is C=CCNC(=O)c1c(I)c(N=C=C=O)c(I)c(C(=O)NCC=C)c1I. The van der Waals surface area contributed by atoms with Gasteiger partial charge in [0.15, 0.2) is 5.94 Å². The summed E-state index contributed by atoms with van der Waals surface area (Å²) in [4.78, 5) is 39.4. The molecule has 0 saturated heterocycles. The van der Waals surface area contributed by atoms with Crippen molar-refractivity contribution in [3.05, 3.63) is 47.1 Å². The van der Waals surface area contributed by atoms with E-state index in [4.69, 9.17) is 0 Å². The van der Waals surface area contributed by atoms with Crippen molar-refractivity contribution in [2.45, 2.75) is 0 Å². The number of carbonyl (C=O) groups is 2. The van der Waals surface area contributed by atoms with E-state index in [0.717, 1.165) is 0 Å². The van der Waals surface area contributed by atoms with E-state index in [1.165, 1.54) is 5.94 Å². The van der Waals surface area contributed by atoms with E-state index in [-0.39, 0.29) is 24.9 Å². The number of aliphatic imine (C=N–C) groups is 1. The van der Waals surface area contributed by atoms with Crippen molar-refractivity contribution in [3.8, 4) is 0 Å². The van der Waals surface area contributed by atoms with Crippen molar-refractivity contribution in [2.24, 2.45) is 4.99 Å². The fourth-order valence-electron chi connectivity index (χ4n) is 1.73.